The molecule has 0 aliphatic carbocycles. The van der Waals surface area contributed by atoms with Crippen molar-refractivity contribution in [3.63, 3.8) is 0 Å². The maximum Gasteiger partial charge on any atom is 0.326 e. The molecule has 2 atom stereocenters. The number of carbonyl (C=O) groups is 2. The van der Waals surface area contributed by atoms with Gasteiger partial charge in [0.1, 0.15) is 12.2 Å². The predicted octanol–water partition coefficient (Wildman–Crippen LogP) is 3.53. The van der Waals surface area contributed by atoms with Gasteiger partial charge in [-0.3, -0.25) is 9.36 Å². The lowest BCUT2D eigenvalue weighted by Crippen LogP contribution is -2.42. The first-order valence-electron chi connectivity index (χ1n) is 9.95. The van der Waals surface area contributed by atoms with Crippen LogP contribution in [0.1, 0.15) is 31.2 Å². The van der Waals surface area contributed by atoms with Gasteiger partial charge in [-0.05, 0) is 42.8 Å². The zero-order valence-electron chi connectivity index (χ0n) is 16.4. The van der Waals surface area contributed by atoms with Crippen molar-refractivity contribution in [3.05, 3.63) is 35.9 Å². The molecule has 1 amide bonds. The molecule has 1 aromatic carbocycles. The summed E-state index contributed by atoms with van der Waals surface area (Å²) in [6.07, 6.45) is 3.28. The number of amides is 1. The van der Waals surface area contributed by atoms with Gasteiger partial charge in [-0.15, -0.1) is 23.5 Å². The van der Waals surface area contributed by atoms with E-state index in [0.717, 1.165) is 30.8 Å². The molecule has 0 saturated carbocycles. The van der Waals surface area contributed by atoms with E-state index in [1.165, 1.54) is 10.5 Å². The smallest absolute Gasteiger partial charge is 0.326 e. The number of nitrogens with zero attached hydrogens (tertiary/aromatic N) is 1. The second-order valence-electron chi connectivity index (χ2n) is 7.71. The van der Waals surface area contributed by atoms with Gasteiger partial charge in [0, 0.05) is 19.1 Å². The molecule has 2 aliphatic rings. The van der Waals surface area contributed by atoms with Crippen molar-refractivity contribution in [2.45, 2.75) is 42.2 Å². The highest BCUT2D eigenvalue weighted by atomic mass is 32.2. The largest absolute Gasteiger partial charge is 0.480 e. The van der Waals surface area contributed by atoms with Crippen molar-refractivity contribution in [2.75, 3.05) is 30.4 Å². The minimum absolute atomic E-state index is 0.0891. The molecule has 160 valence electrons. The Morgan fingerprint density at radius 2 is 1.86 bits per heavy atom. The predicted molar refractivity (Wildman–Crippen MR) is 119 cm³/mol. The van der Waals surface area contributed by atoms with Crippen LogP contribution >= 0.6 is 30.9 Å². The average Bonchev–Trinajstić information content (AvgIpc) is 3.06. The number of benzene rings is 1. The van der Waals surface area contributed by atoms with Crippen LogP contribution in [0.2, 0.25) is 0 Å². The van der Waals surface area contributed by atoms with Crippen LogP contribution < -0.4 is 0 Å². The van der Waals surface area contributed by atoms with Crippen LogP contribution in [0.3, 0.4) is 0 Å². The first kappa shape index (κ1) is 22.7. The third-order valence-electron chi connectivity index (χ3n) is 5.36. The maximum absolute atomic E-state index is 12.8. The fourth-order valence-electron chi connectivity index (χ4n) is 3.86. The molecule has 6 nitrogen and oxygen atoms in total. The average molecular weight is 458 g/mol. The lowest BCUT2D eigenvalue weighted by atomic mass is 10.1. The Balaban J connectivity index is 1.52. The highest BCUT2D eigenvalue weighted by Gasteiger charge is 2.50. The number of unbranched alkanes of at least 4 members (excludes halogenated alkanes) is 1. The highest BCUT2D eigenvalue weighted by molar-refractivity contribution is 8.18. The molecule has 2 aliphatic heterocycles. The third-order valence-corrected chi connectivity index (χ3v) is 10.5. The monoisotopic (exact) mass is 457 g/mol. The lowest BCUT2D eigenvalue weighted by molar-refractivity contribution is -0.147. The fraction of sp³-hybridized carbons (Fsp3) is 0.600. The van der Waals surface area contributed by atoms with Crippen molar-refractivity contribution in [1.29, 1.82) is 0 Å². The maximum atomic E-state index is 12.8. The Labute approximate surface area is 180 Å². The molecule has 9 heteroatoms. The minimum atomic E-state index is -3.63. The van der Waals surface area contributed by atoms with Gasteiger partial charge in [0.15, 0.2) is 0 Å². The molecule has 1 aromatic rings. The summed E-state index contributed by atoms with van der Waals surface area (Å²) in [5.74, 6) is 0.385. The van der Waals surface area contributed by atoms with Crippen LogP contribution in [0.4, 0.5) is 0 Å². The van der Waals surface area contributed by atoms with Crippen molar-refractivity contribution >= 4 is 42.8 Å². The molecule has 29 heavy (non-hydrogen) atoms. The van der Waals surface area contributed by atoms with E-state index < -0.39 is 31.4 Å². The summed E-state index contributed by atoms with van der Waals surface area (Å²) < 4.78 is 12.3. The molecule has 1 unspecified atom stereocenters. The standard InChI is InChI=1S/C20H28NO5PS2/c22-18(14-27(25,26)10-5-4-9-16-7-2-1-3-8-16)21-15-20(13-17(21)19(23)24)28-11-6-12-29-20/h1-3,7-8,17H,4-6,9-15H2,(H,23,24)(H,25,26)/t17-/m0/s1. The van der Waals surface area contributed by atoms with Crippen LogP contribution in [0.5, 0.6) is 0 Å². The Morgan fingerprint density at radius 1 is 1.17 bits per heavy atom. The molecule has 0 aromatic heterocycles. The van der Waals surface area contributed by atoms with Crippen molar-refractivity contribution in [2.24, 2.45) is 0 Å². The number of carboxylic acid groups (broad SMARTS) is 1. The number of carboxylic acids is 1. The zero-order valence-corrected chi connectivity index (χ0v) is 18.9. The topological polar surface area (TPSA) is 94.9 Å². The van der Waals surface area contributed by atoms with Gasteiger partial charge >= 0.3 is 5.97 Å². The molecule has 2 fully saturated rings. The number of hydrogen-bond donors (Lipinski definition) is 2. The molecule has 2 heterocycles. The van der Waals surface area contributed by atoms with E-state index in [1.54, 1.807) is 23.5 Å². The number of aryl methyl sites for hydroxylation is 1. The minimum Gasteiger partial charge on any atom is -0.480 e. The van der Waals surface area contributed by atoms with Gasteiger partial charge in [0.05, 0.1) is 4.08 Å². The van der Waals surface area contributed by atoms with Gasteiger partial charge in [-0.25, -0.2) is 4.79 Å². The van der Waals surface area contributed by atoms with E-state index in [0.29, 0.717) is 19.4 Å². The Morgan fingerprint density at radius 3 is 2.52 bits per heavy atom. The summed E-state index contributed by atoms with van der Waals surface area (Å²) in [6.45, 7) is 0.339. The number of hydrogen-bond acceptors (Lipinski definition) is 5. The molecular formula is C20H28NO5PS2. The Kier molecular flexibility index (Phi) is 7.76. The Hall–Kier alpha value is -0.950. The first-order chi connectivity index (χ1) is 13.8. The van der Waals surface area contributed by atoms with Crippen molar-refractivity contribution in [1.82, 2.24) is 4.90 Å². The number of carbonyl (C=O) groups excluding carboxylic acids is 1. The van der Waals surface area contributed by atoms with E-state index in [2.05, 4.69) is 0 Å². The van der Waals surface area contributed by atoms with Gasteiger partial charge in [0.25, 0.3) is 0 Å². The van der Waals surface area contributed by atoms with Crippen LogP contribution in [0.25, 0.3) is 0 Å². The van der Waals surface area contributed by atoms with Crippen LogP contribution in [0.15, 0.2) is 30.3 Å². The summed E-state index contributed by atoms with van der Waals surface area (Å²) in [7, 11) is -3.63. The zero-order chi connectivity index (χ0) is 20.9. The first-order valence-corrected chi connectivity index (χ1v) is 14.0. The number of aliphatic carboxylic acids is 1. The summed E-state index contributed by atoms with van der Waals surface area (Å²) in [6, 6.07) is 9.04. The van der Waals surface area contributed by atoms with Crippen molar-refractivity contribution in [3.8, 4) is 0 Å². The van der Waals surface area contributed by atoms with Gasteiger partial charge in [-0.1, -0.05) is 30.3 Å². The van der Waals surface area contributed by atoms with E-state index in [-0.39, 0.29) is 10.2 Å². The van der Waals surface area contributed by atoms with Gasteiger partial charge in [-0.2, -0.15) is 0 Å². The normalized spacial score (nSPS) is 23.1. The van der Waals surface area contributed by atoms with Crippen LogP contribution in [-0.2, 0) is 20.6 Å². The fourth-order valence-corrected chi connectivity index (χ4v) is 8.69. The molecule has 1 spiro atoms. The molecule has 2 N–H and O–H groups in total. The van der Waals surface area contributed by atoms with Crippen LogP contribution in [0, 0.1) is 0 Å². The quantitative estimate of drug-likeness (QED) is 0.455. The molecule has 0 radical (unpaired) electrons. The number of likely N-dealkylation sites (tertiary alicyclic amines) is 1. The highest BCUT2D eigenvalue weighted by Crippen LogP contribution is 2.51. The van der Waals surface area contributed by atoms with Crippen molar-refractivity contribution < 1.29 is 24.2 Å². The van der Waals surface area contributed by atoms with E-state index in [4.69, 9.17) is 0 Å². The van der Waals surface area contributed by atoms with Crippen LogP contribution in [-0.4, -0.2) is 67.3 Å². The summed E-state index contributed by atoms with van der Waals surface area (Å²) >= 11 is 3.44. The Bertz CT molecular complexity index is 769. The third kappa shape index (κ3) is 6.27. The number of rotatable bonds is 8. The second-order valence-corrected chi connectivity index (χ2v) is 13.4. The van der Waals surface area contributed by atoms with E-state index >= 15 is 0 Å². The van der Waals surface area contributed by atoms with Gasteiger partial charge < -0.3 is 14.9 Å². The molecular weight excluding hydrogens is 429 g/mol. The number of thioether (sulfide) groups is 2. The van der Waals surface area contributed by atoms with E-state index in [9.17, 15) is 24.2 Å². The second kappa shape index (κ2) is 9.90. The SMILES string of the molecule is O=C(O)[C@@H]1CC2(CN1C(=O)CP(=O)(O)CCCCc1ccccc1)SCCCS2. The molecule has 2 saturated heterocycles. The van der Waals surface area contributed by atoms with Gasteiger partial charge in [0.2, 0.25) is 13.3 Å². The summed E-state index contributed by atoms with van der Waals surface area (Å²) in [5.41, 5.74) is 1.19. The summed E-state index contributed by atoms with van der Waals surface area (Å²) in [5, 5.41) is 9.58. The molecule has 3 rings (SSSR count). The molecule has 0 bridgehead atoms. The lowest BCUT2D eigenvalue weighted by Gasteiger charge is -2.31. The van der Waals surface area contributed by atoms with E-state index in [1.807, 2.05) is 30.3 Å². The summed E-state index contributed by atoms with van der Waals surface area (Å²) in [4.78, 5) is 36.1.